The van der Waals surface area contributed by atoms with Crippen molar-refractivity contribution in [3.05, 3.63) is 47.3 Å². The molecule has 1 aromatic heterocycles. The van der Waals surface area contributed by atoms with E-state index in [0.29, 0.717) is 29.3 Å². The van der Waals surface area contributed by atoms with Gasteiger partial charge in [0.05, 0.1) is 22.8 Å². The third-order valence-electron chi connectivity index (χ3n) is 4.72. The highest BCUT2D eigenvalue weighted by Gasteiger charge is 2.33. The van der Waals surface area contributed by atoms with E-state index >= 15 is 0 Å². The summed E-state index contributed by atoms with van der Waals surface area (Å²) in [5.74, 6) is 0.531. The van der Waals surface area contributed by atoms with Gasteiger partial charge in [-0.15, -0.1) is 0 Å². The molecule has 1 amide bonds. The summed E-state index contributed by atoms with van der Waals surface area (Å²) in [4.78, 5) is 14.7. The second kappa shape index (κ2) is 7.00. The summed E-state index contributed by atoms with van der Waals surface area (Å²) in [5, 5.41) is 3.87. The molecule has 1 atom stereocenters. The number of hydrogen-bond acceptors (Lipinski definition) is 5. The molecule has 0 N–H and O–H groups in total. The lowest BCUT2D eigenvalue weighted by molar-refractivity contribution is -0.130. The Labute approximate surface area is 147 Å². The molecule has 6 nitrogen and oxygen atoms in total. The first kappa shape index (κ1) is 17.7. The van der Waals surface area contributed by atoms with E-state index in [4.69, 9.17) is 4.52 Å². The van der Waals surface area contributed by atoms with Gasteiger partial charge in [-0.25, -0.2) is 8.42 Å². The molecule has 1 aromatic carbocycles. The lowest BCUT2D eigenvalue weighted by atomic mass is 10.1. The Hall–Kier alpha value is -2.15. The van der Waals surface area contributed by atoms with Crippen LogP contribution in [0.2, 0.25) is 0 Å². The summed E-state index contributed by atoms with van der Waals surface area (Å²) in [5.41, 5.74) is 1.50. The van der Waals surface area contributed by atoms with Crippen LogP contribution in [0.1, 0.15) is 29.9 Å². The molecule has 1 unspecified atom stereocenters. The van der Waals surface area contributed by atoms with Crippen LogP contribution in [0.25, 0.3) is 0 Å². The predicted molar refractivity (Wildman–Crippen MR) is 92.9 cm³/mol. The minimum atomic E-state index is -3.41. The molecule has 0 bridgehead atoms. The van der Waals surface area contributed by atoms with Crippen molar-refractivity contribution in [1.82, 2.24) is 10.1 Å². The van der Waals surface area contributed by atoms with Crippen LogP contribution >= 0.6 is 0 Å². The molecule has 2 heterocycles. The fourth-order valence-corrected chi connectivity index (χ4v) is 4.94. The average Bonchev–Trinajstić information content (AvgIpc) is 3.17. The summed E-state index contributed by atoms with van der Waals surface area (Å²) in [6.07, 6.45) is 1.73. The molecule has 0 radical (unpaired) electrons. The monoisotopic (exact) mass is 362 g/mol. The molecule has 134 valence electrons. The topological polar surface area (TPSA) is 80.5 Å². The van der Waals surface area contributed by atoms with E-state index in [9.17, 15) is 13.2 Å². The van der Waals surface area contributed by atoms with Crippen molar-refractivity contribution < 1.29 is 17.7 Å². The van der Waals surface area contributed by atoms with E-state index in [1.165, 1.54) is 0 Å². The molecular weight excluding hydrogens is 340 g/mol. The van der Waals surface area contributed by atoms with Gasteiger partial charge < -0.3 is 9.42 Å². The van der Waals surface area contributed by atoms with E-state index in [2.05, 4.69) is 5.16 Å². The van der Waals surface area contributed by atoms with Crippen LogP contribution in [0.3, 0.4) is 0 Å². The first-order valence-electron chi connectivity index (χ1n) is 8.37. The predicted octanol–water partition coefficient (Wildman–Crippen LogP) is 2.30. The van der Waals surface area contributed by atoms with Crippen molar-refractivity contribution in [3.8, 4) is 0 Å². The van der Waals surface area contributed by atoms with Gasteiger partial charge in [0.2, 0.25) is 5.91 Å². The number of aryl methyl sites for hydroxylation is 2. The second-order valence-corrected chi connectivity index (χ2v) is 8.49. The van der Waals surface area contributed by atoms with Gasteiger partial charge >= 0.3 is 0 Å². The number of hydrogen-bond donors (Lipinski definition) is 0. The molecule has 1 aliphatic heterocycles. The van der Waals surface area contributed by atoms with Crippen LogP contribution in [0, 0.1) is 13.8 Å². The Kier molecular flexibility index (Phi) is 4.94. The number of rotatable bonds is 5. The number of sulfone groups is 1. The summed E-state index contributed by atoms with van der Waals surface area (Å²) in [6, 6.07) is 8.12. The average molecular weight is 362 g/mol. The van der Waals surface area contributed by atoms with E-state index < -0.39 is 9.84 Å². The Bertz CT molecular complexity index is 839. The van der Waals surface area contributed by atoms with Gasteiger partial charge in [-0.3, -0.25) is 4.79 Å². The molecule has 0 saturated carbocycles. The Morgan fingerprint density at radius 1 is 1.28 bits per heavy atom. The zero-order chi connectivity index (χ0) is 18.0. The largest absolute Gasteiger partial charge is 0.361 e. The SMILES string of the molecule is Cc1noc(C)c1CC(=O)N1CCCC1CS(=O)(=O)c1ccccc1. The van der Waals surface area contributed by atoms with Gasteiger partial charge in [-0.2, -0.15) is 0 Å². The first-order valence-corrected chi connectivity index (χ1v) is 10.0. The molecule has 3 rings (SSSR count). The number of carbonyl (C=O) groups excluding carboxylic acids is 1. The molecule has 25 heavy (non-hydrogen) atoms. The molecule has 1 saturated heterocycles. The number of nitrogens with zero attached hydrogens (tertiary/aromatic N) is 2. The van der Waals surface area contributed by atoms with Gasteiger partial charge in [-0.05, 0) is 38.8 Å². The summed E-state index contributed by atoms with van der Waals surface area (Å²) < 4.78 is 30.3. The Morgan fingerprint density at radius 3 is 2.64 bits per heavy atom. The summed E-state index contributed by atoms with van der Waals surface area (Å²) in [6.45, 7) is 4.18. The maximum absolute atomic E-state index is 12.7. The first-order chi connectivity index (χ1) is 11.9. The lowest BCUT2D eigenvalue weighted by Crippen LogP contribution is -2.40. The minimum absolute atomic E-state index is 0.0373. The van der Waals surface area contributed by atoms with E-state index in [0.717, 1.165) is 12.0 Å². The fourth-order valence-electron chi connectivity index (χ4n) is 3.32. The smallest absolute Gasteiger partial charge is 0.227 e. The summed E-state index contributed by atoms with van der Waals surface area (Å²) in [7, 11) is -3.41. The van der Waals surface area contributed by atoms with Crippen LogP contribution in [0.4, 0.5) is 0 Å². The van der Waals surface area contributed by atoms with Crippen molar-refractivity contribution in [2.24, 2.45) is 0 Å². The molecule has 1 aliphatic rings. The number of carbonyl (C=O) groups is 1. The third-order valence-corrected chi connectivity index (χ3v) is 6.53. The normalized spacial score (nSPS) is 17.8. The molecule has 2 aromatic rings. The van der Waals surface area contributed by atoms with Crippen molar-refractivity contribution in [3.63, 3.8) is 0 Å². The van der Waals surface area contributed by atoms with E-state index in [-0.39, 0.29) is 24.1 Å². The van der Waals surface area contributed by atoms with Crippen LogP contribution in [-0.2, 0) is 21.1 Å². The Morgan fingerprint density at radius 2 is 2.00 bits per heavy atom. The third kappa shape index (κ3) is 3.76. The number of aromatic nitrogens is 1. The van der Waals surface area contributed by atoms with Crippen molar-refractivity contribution in [1.29, 1.82) is 0 Å². The maximum Gasteiger partial charge on any atom is 0.227 e. The molecule has 1 fully saturated rings. The van der Waals surface area contributed by atoms with Crippen LogP contribution in [-0.4, -0.2) is 42.7 Å². The van der Waals surface area contributed by atoms with Crippen LogP contribution in [0.5, 0.6) is 0 Å². The lowest BCUT2D eigenvalue weighted by Gasteiger charge is -2.24. The van der Waals surface area contributed by atoms with Crippen LogP contribution < -0.4 is 0 Å². The zero-order valence-corrected chi connectivity index (χ0v) is 15.3. The van der Waals surface area contributed by atoms with Crippen LogP contribution in [0.15, 0.2) is 39.8 Å². The summed E-state index contributed by atoms with van der Waals surface area (Å²) >= 11 is 0. The molecular formula is C18H22N2O4S. The number of amides is 1. The number of benzene rings is 1. The maximum atomic E-state index is 12.7. The van der Waals surface area contributed by atoms with Gasteiger partial charge in [0.25, 0.3) is 0 Å². The van der Waals surface area contributed by atoms with E-state index in [1.807, 2.05) is 0 Å². The minimum Gasteiger partial charge on any atom is -0.361 e. The van der Waals surface area contributed by atoms with Crippen molar-refractivity contribution in [2.75, 3.05) is 12.3 Å². The van der Waals surface area contributed by atoms with E-state index in [1.54, 1.807) is 49.1 Å². The fraction of sp³-hybridized carbons (Fsp3) is 0.444. The van der Waals surface area contributed by atoms with Gasteiger partial charge in [0.1, 0.15) is 5.76 Å². The highest BCUT2D eigenvalue weighted by molar-refractivity contribution is 7.91. The molecule has 0 aliphatic carbocycles. The van der Waals surface area contributed by atoms with Gasteiger partial charge in [0, 0.05) is 18.2 Å². The standard InChI is InChI=1S/C18H22N2O4S/c1-13-17(14(2)24-19-13)11-18(21)20-10-6-7-15(20)12-25(22,23)16-8-4-3-5-9-16/h3-5,8-9,15H,6-7,10-12H2,1-2H3. The quantitative estimate of drug-likeness (QED) is 0.815. The van der Waals surface area contributed by atoms with Crippen molar-refractivity contribution in [2.45, 2.75) is 44.0 Å². The second-order valence-electron chi connectivity index (χ2n) is 6.46. The van der Waals surface area contributed by atoms with Gasteiger partial charge in [0.15, 0.2) is 9.84 Å². The highest BCUT2D eigenvalue weighted by Crippen LogP contribution is 2.24. The zero-order valence-electron chi connectivity index (χ0n) is 14.4. The Balaban J connectivity index is 1.73. The van der Waals surface area contributed by atoms with Gasteiger partial charge in [-0.1, -0.05) is 23.4 Å². The number of likely N-dealkylation sites (tertiary alicyclic amines) is 1. The molecule has 0 spiro atoms. The highest BCUT2D eigenvalue weighted by atomic mass is 32.2. The van der Waals surface area contributed by atoms with Crippen molar-refractivity contribution >= 4 is 15.7 Å². The molecule has 7 heteroatoms.